The Morgan fingerprint density at radius 1 is 1.31 bits per heavy atom. The number of carbonyl (C=O) groups is 3. The Bertz CT molecular complexity index is 302. The Morgan fingerprint density at radius 2 is 1.88 bits per heavy atom. The zero-order chi connectivity index (χ0) is 12.7. The maximum absolute atomic E-state index is 11.2. The summed E-state index contributed by atoms with van der Waals surface area (Å²) >= 11 is 0. The Kier molecular flexibility index (Phi) is 5.61. The van der Waals surface area contributed by atoms with Gasteiger partial charge in [0.15, 0.2) is 0 Å². The molecule has 0 aliphatic heterocycles. The number of aliphatic carboxylic acids is 2. The predicted octanol–water partition coefficient (Wildman–Crippen LogP) is -0.212. The largest absolute Gasteiger partial charge is 0.481 e. The van der Waals surface area contributed by atoms with Gasteiger partial charge in [0.2, 0.25) is 0 Å². The minimum atomic E-state index is -1.45. The summed E-state index contributed by atoms with van der Waals surface area (Å²) in [7, 11) is 0. The van der Waals surface area contributed by atoms with Gasteiger partial charge < -0.3 is 20.8 Å². The van der Waals surface area contributed by atoms with Crippen molar-refractivity contribution in [1.29, 1.82) is 0 Å². The second kappa shape index (κ2) is 6.44. The molecule has 7 heteroatoms. The molecule has 0 aromatic heterocycles. The number of rotatable bonds is 6. The Balaban J connectivity index is 4.29. The third kappa shape index (κ3) is 5.63. The van der Waals surface area contributed by atoms with E-state index in [2.05, 4.69) is 11.9 Å². The number of hydrogen-bond donors (Lipinski definition) is 4. The SMILES string of the molecule is C=CC(C)NC(=O)NC(CC(=O)O)C(=O)O. The fraction of sp³-hybridized carbons (Fsp3) is 0.444. The van der Waals surface area contributed by atoms with Gasteiger partial charge in [0.25, 0.3) is 0 Å². The van der Waals surface area contributed by atoms with Crippen LogP contribution in [0.15, 0.2) is 12.7 Å². The molecule has 0 heterocycles. The zero-order valence-electron chi connectivity index (χ0n) is 8.77. The van der Waals surface area contributed by atoms with E-state index in [1.165, 1.54) is 6.08 Å². The van der Waals surface area contributed by atoms with Crippen LogP contribution in [0, 0.1) is 0 Å². The van der Waals surface area contributed by atoms with Gasteiger partial charge in [-0.05, 0) is 6.92 Å². The number of carbonyl (C=O) groups excluding carboxylic acids is 1. The van der Waals surface area contributed by atoms with Crippen molar-refractivity contribution in [3.05, 3.63) is 12.7 Å². The molecule has 0 aliphatic rings. The molecule has 0 aromatic carbocycles. The lowest BCUT2D eigenvalue weighted by Crippen LogP contribution is -2.48. The van der Waals surface area contributed by atoms with E-state index >= 15 is 0 Å². The fourth-order valence-corrected chi connectivity index (χ4v) is 0.840. The maximum Gasteiger partial charge on any atom is 0.326 e. The van der Waals surface area contributed by atoms with Crippen LogP contribution in [0.5, 0.6) is 0 Å². The van der Waals surface area contributed by atoms with Crippen molar-refractivity contribution in [2.45, 2.75) is 25.4 Å². The third-order valence-corrected chi connectivity index (χ3v) is 1.69. The molecule has 0 aliphatic carbocycles. The van der Waals surface area contributed by atoms with E-state index in [1.807, 2.05) is 5.32 Å². The molecule has 2 amide bonds. The predicted molar refractivity (Wildman–Crippen MR) is 55.0 cm³/mol. The van der Waals surface area contributed by atoms with Gasteiger partial charge >= 0.3 is 18.0 Å². The first kappa shape index (κ1) is 13.9. The summed E-state index contributed by atoms with van der Waals surface area (Å²) in [6, 6.07) is -2.53. The molecule has 16 heavy (non-hydrogen) atoms. The molecule has 0 saturated carbocycles. The Morgan fingerprint density at radius 3 is 2.25 bits per heavy atom. The molecule has 2 unspecified atom stereocenters. The lowest BCUT2D eigenvalue weighted by atomic mass is 10.2. The first-order chi connectivity index (χ1) is 7.36. The van der Waals surface area contributed by atoms with Gasteiger partial charge in [-0.1, -0.05) is 6.08 Å². The van der Waals surface area contributed by atoms with Crippen molar-refractivity contribution in [1.82, 2.24) is 10.6 Å². The summed E-state index contributed by atoms with van der Waals surface area (Å²) in [5.41, 5.74) is 0. The van der Waals surface area contributed by atoms with Gasteiger partial charge in [0, 0.05) is 6.04 Å². The van der Waals surface area contributed by atoms with Crippen LogP contribution in [-0.4, -0.2) is 40.3 Å². The van der Waals surface area contributed by atoms with Crippen molar-refractivity contribution in [3.63, 3.8) is 0 Å². The van der Waals surface area contributed by atoms with Gasteiger partial charge in [-0.25, -0.2) is 9.59 Å². The Labute approximate surface area is 92.1 Å². The van der Waals surface area contributed by atoms with Crippen molar-refractivity contribution in [2.24, 2.45) is 0 Å². The molecular weight excluding hydrogens is 216 g/mol. The molecule has 0 radical (unpaired) electrons. The van der Waals surface area contributed by atoms with Crippen molar-refractivity contribution >= 4 is 18.0 Å². The van der Waals surface area contributed by atoms with E-state index in [4.69, 9.17) is 10.2 Å². The smallest absolute Gasteiger partial charge is 0.326 e. The van der Waals surface area contributed by atoms with Gasteiger partial charge in [0.1, 0.15) is 6.04 Å². The van der Waals surface area contributed by atoms with E-state index in [1.54, 1.807) is 6.92 Å². The average Bonchev–Trinajstić information content (AvgIpc) is 2.15. The lowest BCUT2D eigenvalue weighted by molar-refractivity contribution is -0.145. The van der Waals surface area contributed by atoms with Crippen LogP contribution in [0.1, 0.15) is 13.3 Å². The summed E-state index contributed by atoms with van der Waals surface area (Å²) < 4.78 is 0. The summed E-state index contributed by atoms with van der Waals surface area (Å²) in [5, 5.41) is 21.5. The standard InChI is InChI=1S/C9H14N2O5/c1-3-5(2)10-9(16)11-6(8(14)15)4-7(12)13/h3,5-6H,1,4H2,2H3,(H,12,13)(H,14,15)(H2,10,11,16). The van der Waals surface area contributed by atoms with Crippen molar-refractivity contribution < 1.29 is 24.6 Å². The number of amides is 2. The molecular formula is C9H14N2O5. The highest BCUT2D eigenvalue weighted by atomic mass is 16.4. The highest BCUT2D eigenvalue weighted by Gasteiger charge is 2.23. The summed E-state index contributed by atoms with van der Waals surface area (Å²) in [6.07, 6.45) is 0.776. The first-order valence-electron chi connectivity index (χ1n) is 4.51. The van der Waals surface area contributed by atoms with Crippen LogP contribution in [0.25, 0.3) is 0 Å². The summed E-state index contributed by atoms with van der Waals surface area (Å²) in [4.78, 5) is 32.1. The third-order valence-electron chi connectivity index (χ3n) is 1.69. The van der Waals surface area contributed by atoms with E-state index in [0.717, 1.165) is 0 Å². The maximum atomic E-state index is 11.2. The van der Waals surface area contributed by atoms with Gasteiger partial charge in [0.05, 0.1) is 6.42 Å². The number of hydrogen-bond acceptors (Lipinski definition) is 3. The number of carboxylic acid groups (broad SMARTS) is 2. The highest BCUT2D eigenvalue weighted by Crippen LogP contribution is 1.93. The van der Waals surface area contributed by atoms with Gasteiger partial charge in [-0.2, -0.15) is 0 Å². The van der Waals surface area contributed by atoms with Crippen LogP contribution in [0.4, 0.5) is 4.79 Å². The van der Waals surface area contributed by atoms with Crippen LogP contribution in [-0.2, 0) is 9.59 Å². The number of nitrogens with one attached hydrogen (secondary N) is 2. The fourth-order valence-electron chi connectivity index (χ4n) is 0.840. The highest BCUT2D eigenvalue weighted by molar-refractivity contribution is 5.86. The molecule has 4 N–H and O–H groups in total. The molecule has 0 rings (SSSR count). The minimum Gasteiger partial charge on any atom is -0.481 e. The monoisotopic (exact) mass is 230 g/mol. The van der Waals surface area contributed by atoms with E-state index in [0.29, 0.717) is 0 Å². The number of urea groups is 1. The van der Waals surface area contributed by atoms with E-state index in [9.17, 15) is 14.4 Å². The van der Waals surface area contributed by atoms with Crippen LogP contribution in [0.2, 0.25) is 0 Å². The molecule has 2 atom stereocenters. The van der Waals surface area contributed by atoms with Gasteiger partial charge in [-0.15, -0.1) is 6.58 Å². The van der Waals surface area contributed by atoms with Crippen LogP contribution >= 0.6 is 0 Å². The van der Waals surface area contributed by atoms with Crippen molar-refractivity contribution in [2.75, 3.05) is 0 Å². The molecule has 90 valence electrons. The molecule has 0 bridgehead atoms. The number of carboxylic acids is 2. The van der Waals surface area contributed by atoms with E-state index in [-0.39, 0.29) is 6.04 Å². The second-order valence-corrected chi connectivity index (χ2v) is 3.13. The minimum absolute atomic E-state index is 0.334. The molecule has 0 saturated heterocycles. The quantitative estimate of drug-likeness (QED) is 0.471. The van der Waals surface area contributed by atoms with Crippen LogP contribution in [0.3, 0.4) is 0 Å². The zero-order valence-corrected chi connectivity index (χ0v) is 8.77. The topological polar surface area (TPSA) is 116 Å². The Hall–Kier alpha value is -2.05. The van der Waals surface area contributed by atoms with Crippen molar-refractivity contribution in [3.8, 4) is 0 Å². The summed E-state index contributed by atoms with van der Waals surface area (Å²) in [6.45, 7) is 5.06. The van der Waals surface area contributed by atoms with Gasteiger partial charge in [-0.3, -0.25) is 4.79 Å². The van der Waals surface area contributed by atoms with Crippen LogP contribution < -0.4 is 10.6 Å². The molecule has 0 fully saturated rings. The average molecular weight is 230 g/mol. The molecule has 0 spiro atoms. The second-order valence-electron chi connectivity index (χ2n) is 3.13. The molecule has 0 aromatic rings. The van der Waals surface area contributed by atoms with E-state index < -0.39 is 30.4 Å². The summed E-state index contributed by atoms with van der Waals surface area (Å²) in [5.74, 6) is -2.70. The lowest BCUT2D eigenvalue weighted by Gasteiger charge is -2.15. The first-order valence-corrected chi connectivity index (χ1v) is 4.51. The normalized spacial score (nSPS) is 13.3. The molecule has 7 nitrogen and oxygen atoms in total.